The molecule has 1 aromatic carbocycles. The molecule has 4 rings (SSSR count). The van der Waals surface area contributed by atoms with Crippen molar-refractivity contribution in [2.24, 2.45) is 5.92 Å². The molecule has 0 radical (unpaired) electrons. The fourth-order valence-electron chi connectivity index (χ4n) is 5.09. The molecule has 1 fully saturated rings. The number of aromatic nitrogens is 1. The second kappa shape index (κ2) is 9.96. The highest BCUT2D eigenvalue weighted by molar-refractivity contribution is 5.92. The number of nitrogens with zero attached hydrogens (tertiary/aromatic N) is 4. The van der Waals surface area contributed by atoms with Crippen molar-refractivity contribution in [2.75, 3.05) is 46.8 Å². The molecule has 6 nitrogen and oxygen atoms in total. The number of benzene rings is 1. The lowest BCUT2D eigenvalue weighted by Crippen LogP contribution is -2.45. The molecule has 0 spiro atoms. The Balaban J connectivity index is 1.32. The van der Waals surface area contributed by atoms with E-state index in [9.17, 15) is 4.79 Å². The van der Waals surface area contributed by atoms with Crippen LogP contribution in [0.2, 0.25) is 0 Å². The molecule has 1 amide bonds. The van der Waals surface area contributed by atoms with E-state index in [1.165, 1.54) is 24.0 Å². The zero-order valence-electron chi connectivity index (χ0n) is 19.2. The van der Waals surface area contributed by atoms with Gasteiger partial charge in [0, 0.05) is 25.2 Å². The summed E-state index contributed by atoms with van der Waals surface area (Å²) in [7, 11) is 4.15. The van der Waals surface area contributed by atoms with Crippen LogP contribution in [0.5, 0.6) is 0 Å². The predicted octanol–water partition coefficient (Wildman–Crippen LogP) is 3.26. The molecule has 2 aromatic rings. The molecule has 2 aliphatic rings. The summed E-state index contributed by atoms with van der Waals surface area (Å²) in [4.78, 5) is 19.9. The van der Waals surface area contributed by atoms with Gasteiger partial charge < -0.3 is 14.3 Å². The molecule has 1 aliphatic carbocycles. The first-order valence-corrected chi connectivity index (χ1v) is 11.7. The molecule has 168 valence electrons. The van der Waals surface area contributed by atoms with Crippen LogP contribution in [0, 0.1) is 12.8 Å². The van der Waals surface area contributed by atoms with E-state index in [4.69, 9.17) is 4.52 Å². The van der Waals surface area contributed by atoms with Gasteiger partial charge in [-0.05, 0) is 89.8 Å². The molecule has 0 N–H and O–H groups in total. The first kappa shape index (κ1) is 22.0. The molecular weight excluding hydrogens is 388 g/mol. The van der Waals surface area contributed by atoms with Crippen LogP contribution in [-0.4, -0.2) is 78.6 Å². The van der Waals surface area contributed by atoms with Crippen LogP contribution in [0.15, 0.2) is 34.9 Å². The van der Waals surface area contributed by atoms with Crippen LogP contribution in [0.4, 0.5) is 0 Å². The minimum atomic E-state index is 0.00396. The smallest absolute Gasteiger partial charge is 0.276 e. The number of rotatable bonds is 8. The van der Waals surface area contributed by atoms with E-state index in [2.05, 4.69) is 53.3 Å². The summed E-state index contributed by atoms with van der Waals surface area (Å²) >= 11 is 0. The van der Waals surface area contributed by atoms with Crippen LogP contribution in [0.1, 0.15) is 46.6 Å². The minimum absolute atomic E-state index is 0.00396. The van der Waals surface area contributed by atoms with Gasteiger partial charge in [0.25, 0.3) is 5.91 Å². The van der Waals surface area contributed by atoms with Crippen LogP contribution >= 0.6 is 0 Å². The first-order chi connectivity index (χ1) is 15.0. The molecule has 6 heteroatoms. The van der Waals surface area contributed by atoms with Crippen molar-refractivity contribution in [3.05, 3.63) is 52.9 Å². The van der Waals surface area contributed by atoms with E-state index in [0.717, 1.165) is 52.0 Å². The molecule has 2 heterocycles. The summed E-state index contributed by atoms with van der Waals surface area (Å²) in [5.74, 6) is 1.24. The SMILES string of the molecule is Cc1cc(C(=O)N(CCCN(C)C)CC2CCN(C3Cc4ccccc4C3)CC2)no1. The van der Waals surface area contributed by atoms with Crippen LogP contribution in [0.25, 0.3) is 0 Å². The van der Waals surface area contributed by atoms with Gasteiger partial charge in [0.05, 0.1) is 0 Å². The lowest BCUT2D eigenvalue weighted by Gasteiger charge is -2.37. The fourth-order valence-corrected chi connectivity index (χ4v) is 5.09. The molecule has 0 saturated carbocycles. The van der Waals surface area contributed by atoms with Gasteiger partial charge in [0.15, 0.2) is 5.69 Å². The molecular formula is C25H36N4O2. The monoisotopic (exact) mass is 424 g/mol. The predicted molar refractivity (Wildman–Crippen MR) is 122 cm³/mol. The number of fused-ring (bicyclic) bond motifs is 1. The van der Waals surface area contributed by atoms with E-state index in [1.54, 1.807) is 6.07 Å². The normalized spacial score (nSPS) is 17.9. The summed E-state index contributed by atoms with van der Waals surface area (Å²) in [6, 6.07) is 11.3. The van der Waals surface area contributed by atoms with Gasteiger partial charge in [0.1, 0.15) is 5.76 Å². The Labute approximate surface area is 186 Å². The number of piperidine rings is 1. The van der Waals surface area contributed by atoms with E-state index < -0.39 is 0 Å². The number of carbonyl (C=O) groups excluding carboxylic acids is 1. The zero-order valence-corrected chi connectivity index (χ0v) is 19.2. The lowest BCUT2D eigenvalue weighted by molar-refractivity contribution is 0.0651. The zero-order chi connectivity index (χ0) is 21.8. The van der Waals surface area contributed by atoms with E-state index in [0.29, 0.717) is 23.4 Å². The third-order valence-corrected chi connectivity index (χ3v) is 6.84. The standard InChI is InChI=1S/C25H36N4O2/c1-19-15-24(26-31-19)25(30)29(12-6-11-27(2)3)18-20-9-13-28(14-10-20)23-16-21-7-4-5-8-22(21)17-23/h4-5,7-8,15,20,23H,6,9-14,16-18H2,1-3H3. The Hall–Kier alpha value is -2.18. The maximum atomic E-state index is 13.1. The molecule has 0 bridgehead atoms. The average Bonchev–Trinajstić information content (AvgIpc) is 3.39. The van der Waals surface area contributed by atoms with Crippen molar-refractivity contribution >= 4 is 5.91 Å². The largest absolute Gasteiger partial charge is 0.361 e. The highest BCUT2D eigenvalue weighted by Gasteiger charge is 2.31. The van der Waals surface area contributed by atoms with E-state index >= 15 is 0 Å². The Morgan fingerprint density at radius 3 is 2.39 bits per heavy atom. The van der Waals surface area contributed by atoms with Gasteiger partial charge in [-0.1, -0.05) is 29.4 Å². The maximum absolute atomic E-state index is 13.1. The Kier molecular flexibility index (Phi) is 7.08. The number of aryl methyl sites for hydroxylation is 1. The highest BCUT2D eigenvalue weighted by Crippen LogP contribution is 2.29. The highest BCUT2D eigenvalue weighted by atomic mass is 16.5. The molecule has 31 heavy (non-hydrogen) atoms. The second-order valence-electron chi connectivity index (χ2n) is 9.54. The molecule has 0 atom stereocenters. The summed E-state index contributed by atoms with van der Waals surface area (Å²) in [6.45, 7) is 6.65. The van der Waals surface area contributed by atoms with Crippen LogP contribution in [-0.2, 0) is 12.8 Å². The number of hydrogen-bond acceptors (Lipinski definition) is 5. The van der Waals surface area contributed by atoms with Crippen LogP contribution < -0.4 is 0 Å². The summed E-state index contributed by atoms with van der Waals surface area (Å²) in [5, 5.41) is 3.97. The molecule has 1 aliphatic heterocycles. The number of hydrogen-bond donors (Lipinski definition) is 0. The van der Waals surface area contributed by atoms with Gasteiger partial charge in [-0.25, -0.2) is 0 Å². The minimum Gasteiger partial charge on any atom is -0.361 e. The molecule has 1 saturated heterocycles. The summed E-state index contributed by atoms with van der Waals surface area (Å²) in [5.41, 5.74) is 3.48. The Morgan fingerprint density at radius 2 is 1.81 bits per heavy atom. The van der Waals surface area contributed by atoms with E-state index in [-0.39, 0.29) is 5.91 Å². The van der Waals surface area contributed by atoms with Crippen molar-refractivity contribution in [1.82, 2.24) is 19.9 Å². The van der Waals surface area contributed by atoms with Crippen LogP contribution in [0.3, 0.4) is 0 Å². The topological polar surface area (TPSA) is 52.8 Å². The third-order valence-electron chi connectivity index (χ3n) is 6.84. The van der Waals surface area contributed by atoms with Gasteiger partial charge in [-0.15, -0.1) is 0 Å². The number of amides is 1. The Morgan fingerprint density at radius 1 is 1.13 bits per heavy atom. The number of carbonyl (C=O) groups is 1. The fraction of sp³-hybridized carbons (Fsp3) is 0.600. The summed E-state index contributed by atoms with van der Waals surface area (Å²) in [6.07, 6.45) is 5.64. The van der Waals surface area contributed by atoms with Crippen molar-refractivity contribution in [1.29, 1.82) is 0 Å². The first-order valence-electron chi connectivity index (χ1n) is 11.7. The average molecular weight is 425 g/mol. The Bertz CT molecular complexity index is 845. The van der Waals surface area contributed by atoms with Gasteiger partial charge in [0.2, 0.25) is 0 Å². The van der Waals surface area contributed by atoms with Crippen molar-refractivity contribution in [3.8, 4) is 0 Å². The van der Waals surface area contributed by atoms with Gasteiger partial charge in [-0.3, -0.25) is 9.69 Å². The van der Waals surface area contributed by atoms with Gasteiger partial charge in [-0.2, -0.15) is 0 Å². The third kappa shape index (κ3) is 5.55. The summed E-state index contributed by atoms with van der Waals surface area (Å²) < 4.78 is 5.15. The number of likely N-dealkylation sites (tertiary alicyclic amines) is 1. The molecule has 0 unspecified atom stereocenters. The molecule has 1 aromatic heterocycles. The maximum Gasteiger partial charge on any atom is 0.276 e. The lowest BCUT2D eigenvalue weighted by atomic mass is 9.94. The van der Waals surface area contributed by atoms with E-state index in [1.807, 2.05) is 11.8 Å². The van der Waals surface area contributed by atoms with Gasteiger partial charge >= 0.3 is 0 Å². The second-order valence-corrected chi connectivity index (χ2v) is 9.54. The van der Waals surface area contributed by atoms with Crippen molar-refractivity contribution in [3.63, 3.8) is 0 Å². The van der Waals surface area contributed by atoms with Crippen molar-refractivity contribution in [2.45, 2.75) is 45.1 Å². The quantitative estimate of drug-likeness (QED) is 0.651. The van der Waals surface area contributed by atoms with Crippen molar-refractivity contribution < 1.29 is 9.32 Å².